The highest BCUT2D eigenvalue weighted by atomic mass is 16.5. The molecule has 1 rings (SSSR count). The molecule has 1 unspecified atom stereocenters. The Balaban J connectivity index is 2.43. The molecule has 0 spiro atoms. The first-order valence-electron chi connectivity index (χ1n) is 6.23. The fourth-order valence-electron chi connectivity index (χ4n) is 1.93. The fraction of sp³-hybridized carbons (Fsp3) is 0.750. The van der Waals surface area contributed by atoms with Crippen LogP contribution in [0.3, 0.4) is 0 Å². The Hall–Kier alpha value is -1.63. The predicted octanol–water partition coefficient (Wildman–Crippen LogP) is 0.0318. The van der Waals surface area contributed by atoms with E-state index in [4.69, 9.17) is 9.84 Å². The summed E-state index contributed by atoms with van der Waals surface area (Å²) in [6, 6.07) is -0.689. The number of carbonyl (C=O) groups is 3. The van der Waals surface area contributed by atoms with E-state index < -0.39 is 18.0 Å². The molecule has 1 aliphatic heterocycles. The molecule has 1 atom stereocenters. The van der Waals surface area contributed by atoms with Crippen molar-refractivity contribution in [2.45, 2.75) is 31.7 Å². The van der Waals surface area contributed by atoms with E-state index in [9.17, 15) is 14.4 Å². The summed E-state index contributed by atoms with van der Waals surface area (Å²) in [4.78, 5) is 35.3. The first-order valence-corrected chi connectivity index (χ1v) is 6.23. The smallest absolute Gasteiger partial charge is 0.331 e. The number of carboxylic acid groups (broad SMARTS) is 1. The Morgan fingerprint density at radius 2 is 2.00 bits per heavy atom. The maximum atomic E-state index is 12.0. The van der Waals surface area contributed by atoms with Crippen molar-refractivity contribution >= 4 is 17.8 Å². The number of rotatable bonds is 6. The zero-order chi connectivity index (χ0) is 14.3. The van der Waals surface area contributed by atoms with Crippen LogP contribution < -0.4 is 0 Å². The number of morpholine rings is 1. The molecule has 0 aromatic heterocycles. The van der Waals surface area contributed by atoms with Gasteiger partial charge in [0, 0.05) is 19.4 Å². The monoisotopic (exact) mass is 273 g/mol. The molecule has 1 fully saturated rings. The number of aliphatic carboxylic acids is 1. The summed E-state index contributed by atoms with van der Waals surface area (Å²) in [6.45, 7) is 0.902. The van der Waals surface area contributed by atoms with Gasteiger partial charge in [-0.25, -0.2) is 4.79 Å². The van der Waals surface area contributed by atoms with E-state index in [0.717, 1.165) is 0 Å². The van der Waals surface area contributed by atoms with E-state index in [2.05, 4.69) is 4.74 Å². The molecule has 1 saturated heterocycles. The van der Waals surface area contributed by atoms with Gasteiger partial charge in [0.2, 0.25) is 5.91 Å². The van der Waals surface area contributed by atoms with E-state index in [1.165, 1.54) is 12.0 Å². The van der Waals surface area contributed by atoms with E-state index in [0.29, 0.717) is 26.0 Å². The van der Waals surface area contributed by atoms with Gasteiger partial charge in [0.1, 0.15) is 0 Å². The van der Waals surface area contributed by atoms with E-state index >= 15 is 0 Å². The van der Waals surface area contributed by atoms with Crippen LogP contribution in [0.5, 0.6) is 0 Å². The van der Waals surface area contributed by atoms with Crippen LogP contribution in [0.2, 0.25) is 0 Å². The Kier molecular flexibility index (Phi) is 6.27. The second kappa shape index (κ2) is 7.73. The Labute approximate surface area is 111 Å². The SMILES string of the molecule is COC(=O)C1COCCN1C(=O)CCCCC(=O)O. The molecule has 0 bridgehead atoms. The molecule has 1 aliphatic rings. The summed E-state index contributed by atoms with van der Waals surface area (Å²) >= 11 is 0. The first kappa shape index (κ1) is 15.4. The quantitative estimate of drug-likeness (QED) is 0.542. The van der Waals surface area contributed by atoms with Crippen LogP contribution in [0.4, 0.5) is 0 Å². The fourth-order valence-corrected chi connectivity index (χ4v) is 1.93. The maximum absolute atomic E-state index is 12.0. The summed E-state index contributed by atoms with van der Waals surface area (Å²) in [5.41, 5.74) is 0. The van der Waals surface area contributed by atoms with Gasteiger partial charge in [-0.3, -0.25) is 9.59 Å². The van der Waals surface area contributed by atoms with Crippen LogP contribution in [0.1, 0.15) is 25.7 Å². The van der Waals surface area contributed by atoms with Gasteiger partial charge < -0.3 is 19.5 Å². The van der Waals surface area contributed by atoms with Crippen molar-refractivity contribution in [3.8, 4) is 0 Å². The van der Waals surface area contributed by atoms with Gasteiger partial charge in [-0.2, -0.15) is 0 Å². The van der Waals surface area contributed by atoms with E-state index in [1.54, 1.807) is 0 Å². The third-order valence-corrected chi connectivity index (χ3v) is 2.95. The van der Waals surface area contributed by atoms with Crippen molar-refractivity contribution in [1.29, 1.82) is 0 Å². The zero-order valence-electron chi connectivity index (χ0n) is 11.0. The molecule has 7 heteroatoms. The molecule has 19 heavy (non-hydrogen) atoms. The number of carbonyl (C=O) groups excluding carboxylic acids is 2. The molecule has 0 aromatic carbocycles. The molecule has 1 N–H and O–H groups in total. The minimum absolute atomic E-state index is 0.0524. The number of unbranched alkanes of at least 4 members (excludes halogenated alkanes) is 1. The second-order valence-electron chi connectivity index (χ2n) is 4.30. The second-order valence-corrected chi connectivity index (χ2v) is 4.30. The van der Waals surface area contributed by atoms with Gasteiger partial charge in [0.25, 0.3) is 0 Å². The number of hydrogen-bond acceptors (Lipinski definition) is 5. The van der Waals surface area contributed by atoms with Gasteiger partial charge in [-0.1, -0.05) is 0 Å². The number of hydrogen-bond donors (Lipinski definition) is 1. The lowest BCUT2D eigenvalue weighted by Crippen LogP contribution is -2.52. The minimum Gasteiger partial charge on any atom is -0.481 e. The summed E-state index contributed by atoms with van der Waals surface area (Å²) in [7, 11) is 1.27. The third kappa shape index (κ3) is 4.86. The number of carboxylic acids is 1. The molecule has 0 saturated carbocycles. The average Bonchev–Trinajstić information content (AvgIpc) is 2.42. The molecular formula is C12H19NO6. The van der Waals surface area contributed by atoms with E-state index in [1.807, 2.05) is 0 Å². The van der Waals surface area contributed by atoms with Crippen molar-refractivity contribution in [3.63, 3.8) is 0 Å². The lowest BCUT2D eigenvalue weighted by atomic mass is 10.1. The largest absolute Gasteiger partial charge is 0.481 e. The van der Waals surface area contributed by atoms with Gasteiger partial charge >= 0.3 is 11.9 Å². The lowest BCUT2D eigenvalue weighted by molar-refractivity contribution is -0.160. The van der Waals surface area contributed by atoms with Crippen LogP contribution in [0.25, 0.3) is 0 Å². The van der Waals surface area contributed by atoms with Crippen molar-refractivity contribution in [1.82, 2.24) is 4.90 Å². The highest BCUT2D eigenvalue weighted by molar-refractivity contribution is 5.84. The lowest BCUT2D eigenvalue weighted by Gasteiger charge is -2.33. The summed E-state index contributed by atoms with van der Waals surface area (Å²) < 4.78 is 9.81. The number of nitrogens with zero attached hydrogens (tertiary/aromatic N) is 1. The van der Waals surface area contributed by atoms with Gasteiger partial charge in [-0.05, 0) is 12.8 Å². The Bertz CT molecular complexity index is 343. The minimum atomic E-state index is -0.869. The standard InChI is InChI=1S/C12H19NO6/c1-18-12(17)9-8-19-7-6-13(9)10(14)4-2-3-5-11(15)16/h9H,2-8H2,1H3,(H,15,16). The van der Waals surface area contributed by atoms with Crippen LogP contribution in [-0.4, -0.2) is 60.8 Å². The number of amides is 1. The zero-order valence-corrected chi connectivity index (χ0v) is 11.0. The predicted molar refractivity (Wildman–Crippen MR) is 64.4 cm³/mol. The molecule has 0 aliphatic carbocycles. The number of esters is 1. The molecule has 108 valence electrons. The molecule has 1 heterocycles. The van der Waals surface area contributed by atoms with E-state index in [-0.39, 0.29) is 25.4 Å². The summed E-state index contributed by atoms with van der Waals surface area (Å²) in [5, 5.41) is 8.50. The van der Waals surface area contributed by atoms with Gasteiger partial charge in [0.15, 0.2) is 6.04 Å². The van der Waals surface area contributed by atoms with Crippen molar-refractivity contribution in [3.05, 3.63) is 0 Å². The third-order valence-electron chi connectivity index (χ3n) is 2.95. The molecular weight excluding hydrogens is 254 g/mol. The first-order chi connectivity index (χ1) is 9.06. The topological polar surface area (TPSA) is 93.1 Å². The van der Waals surface area contributed by atoms with Crippen LogP contribution >= 0.6 is 0 Å². The van der Waals surface area contributed by atoms with Crippen molar-refractivity contribution < 1.29 is 29.0 Å². The number of methoxy groups -OCH3 is 1. The highest BCUT2D eigenvalue weighted by Crippen LogP contribution is 2.12. The normalized spacial score (nSPS) is 19.0. The number of ether oxygens (including phenoxy) is 2. The van der Waals surface area contributed by atoms with Gasteiger partial charge in [0.05, 0.1) is 20.3 Å². The van der Waals surface area contributed by atoms with Crippen LogP contribution in [0, 0.1) is 0 Å². The summed E-state index contributed by atoms with van der Waals surface area (Å²) in [6.07, 6.45) is 1.24. The molecule has 0 radical (unpaired) electrons. The Morgan fingerprint density at radius 3 is 2.63 bits per heavy atom. The van der Waals surface area contributed by atoms with Crippen molar-refractivity contribution in [2.24, 2.45) is 0 Å². The Morgan fingerprint density at radius 1 is 1.32 bits per heavy atom. The van der Waals surface area contributed by atoms with Crippen molar-refractivity contribution in [2.75, 3.05) is 26.9 Å². The molecule has 7 nitrogen and oxygen atoms in total. The average molecular weight is 273 g/mol. The van der Waals surface area contributed by atoms with Crippen LogP contribution in [0.15, 0.2) is 0 Å². The highest BCUT2D eigenvalue weighted by Gasteiger charge is 2.33. The molecule has 0 aromatic rings. The van der Waals surface area contributed by atoms with Gasteiger partial charge in [-0.15, -0.1) is 0 Å². The maximum Gasteiger partial charge on any atom is 0.331 e. The molecule has 1 amide bonds. The van der Waals surface area contributed by atoms with Crippen LogP contribution in [-0.2, 0) is 23.9 Å². The summed E-state index contributed by atoms with van der Waals surface area (Å²) in [5.74, 6) is -1.52.